The Morgan fingerprint density at radius 2 is 2.50 bits per heavy atom. The fraction of sp³-hybridized carbons (Fsp3) is 0.429. The summed E-state index contributed by atoms with van der Waals surface area (Å²) in [7, 11) is 0. The molecule has 1 N–H and O–H groups in total. The molecule has 0 aliphatic heterocycles. The molecule has 1 nitrogen and oxygen atoms in total. The van der Waals surface area contributed by atoms with Gasteiger partial charge in [-0.25, -0.2) is 0 Å². The first-order valence-electron chi connectivity index (χ1n) is 3.03. The summed E-state index contributed by atoms with van der Waals surface area (Å²) in [5.41, 5.74) is 1.12. The lowest BCUT2D eigenvalue weighted by molar-refractivity contribution is 0.206. The Labute approximate surface area is 69.3 Å². The van der Waals surface area contributed by atoms with E-state index in [2.05, 4.69) is 0 Å². The van der Waals surface area contributed by atoms with E-state index >= 15 is 0 Å². The van der Waals surface area contributed by atoms with Crippen LogP contribution in [-0.4, -0.2) is 11.0 Å². The van der Waals surface area contributed by atoms with Crippen molar-refractivity contribution in [2.24, 2.45) is 0 Å². The van der Waals surface area contributed by atoms with Crippen LogP contribution >= 0.6 is 22.9 Å². The molecular formula is C7H9ClOS. The summed E-state index contributed by atoms with van der Waals surface area (Å²) in [5, 5.41) is 11.2. The third-order valence-electron chi connectivity index (χ3n) is 1.35. The minimum absolute atomic E-state index is 0.279. The number of aliphatic hydroxyl groups excluding tert-OH is 1. The molecule has 1 aromatic rings. The monoisotopic (exact) mass is 176 g/mol. The first-order valence-corrected chi connectivity index (χ1v) is 4.45. The van der Waals surface area contributed by atoms with Crippen molar-refractivity contribution >= 4 is 22.9 Å². The number of hydrogen-bond acceptors (Lipinski definition) is 2. The molecule has 1 aromatic heterocycles. The maximum absolute atomic E-state index is 9.28. The van der Waals surface area contributed by atoms with Gasteiger partial charge < -0.3 is 5.11 Å². The Balaban J connectivity index is 2.82. The molecule has 1 heterocycles. The molecule has 1 rings (SSSR count). The van der Waals surface area contributed by atoms with Gasteiger partial charge in [0.1, 0.15) is 6.10 Å². The molecule has 0 aliphatic carbocycles. The number of rotatable bonds is 2. The van der Waals surface area contributed by atoms with Crippen LogP contribution in [0.3, 0.4) is 0 Å². The largest absolute Gasteiger partial charge is 0.386 e. The summed E-state index contributed by atoms with van der Waals surface area (Å²) >= 11 is 7.02. The third-order valence-corrected chi connectivity index (χ3v) is 2.76. The van der Waals surface area contributed by atoms with E-state index in [9.17, 15) is 5.11 Å². The van der Waals surface area contributed by atoms with Crippen molar-refractivity contribution in [3.63, 3.8) is 0 Å². The molecule has 0 aliphatic rings. The SMILES string of the molecule is Cc1ccsc1[C@H](O)CCl. The Hall–Kier alpha value is -0.0500. The van der Waals surface area contributed by atoms with Gasteiger partial charge in [-0.15, -0.1) is 22.9 Å². The molecule has 10 heavy (non-hydrogen) atoms. The second-order valence-electron chi connectivity index (χ2n) is 2.14. The van der Waals surface area contributed by atoms with Gasteiger partial charge >= 0.3 is 0 Å². The quantitative estimate of drug-likeness (QED) is 0.686. The van der Waals surface area contributed by atoms with E-state index in [4.69, 9.17) is 11.6 Å². The fourth-order valence-corrected chi connectivity index (χ4v) is 1.95. The number of halogens is 1. The number of hydrogen-bond donors (Lipinski definition) is 1. The predicted molar refractivity (Wildman–Crippen MR) is 44.7 cm³/mol. The predicted octanol–water partition coefficient (Wildman–Crippen LogP) is 2.33. The van der Waals surface area contributed by atoms with Gasteiger partial charge in [-0.2, -0.15) is 0 Å². The first kappa shape index (κ1) is 8.05. The second kappa shape index (κ2) is 3.37. The molecular weight excluding hydrogens is 168 g/mol. The van der Waals surface area contributed by atoms with E-state index in [-0.39, 0.29) is 5.88 Å². The van der Waals surface area contributed by atoms with Gasteiger partial charge in [-0.3, -0.25) is 0 Å². The Bertz CT molecular complexity index is 209. The third kappa shape index (κ3) is 1.51. The zero-order chi connectivity index (χ0) is 7.56. The molecule has 0 saturated heterocycles. The summed E-state index contributed by atoms with van der Waals surface area (Å²) in [6.07, 6.45) is -0.485. The normalized spacial score (nSPS) is 13.5. The van der Waals surface area contributed by atoms with Crippen LogP contribution in [-0.2, 0) is 0 Å². The average molecular weight is 177 g/mol. The smallest absolute Gasteiger partial charge is 0.102 e. The van der Waals surface area contributed by atoms with E-state index in [0.717, 1.165) is 10.4 Å². The summed E-state index contributed by atoms with van der Waals surface area (Å²) in [4.78, 5) is 0.981. The number of aliphatic hydroxyl groups is 1. The topological polar surface area (TPSA) is 20.2 Å². The highest BCUT2D eigenvalue weighted by molar-refractivity contribution is 7.10. The van der Waals surface area contributed by atoms with Gasteiger partial charge in [0.05, 0.1) is 5.88 Å². The minimum atomic E-state index is -0.485. The summed E-state index contributed by atoms with van der Waals surface area (Å²) in [5.74, 6) is 0.279. The zero-order valence-corrected chi connectivity index (χ0v) is 7.25. The molecule has 1 atom stereocenters. The van der Waals surface area contributed by atoms with E-state index in [0.29, 0.717) is 0 Å². The second-order valence-corrected chi connectivity index (χ2v) is 3.39. The van der Waals surface area contributed by atoms with Crippen molar-refractivity contribution in [3.05, 3.63) is 21.9 Å². The van der Waals surface area contributed by atoms with Crippen LogP contribution in [0.5, 0.6) is 0 Å². The zero-order valence-electron chi connectivity index (χ0n) is 5.67. The van der Waals surface area contributed by atoms with Crippen molar-refractivity contribution in [1.82, 2.24) is 0 Å². The van der Waals surface area contributed by atoms with Gasteiger partial charge in [-0.1, -0.05) is 0 Å². The van der Waals surface area contributed by atoms with Crippen molar-refractivity contribution < 1.29 is 5.11 Å². The number of alkyl halides is 1. The lowest BCUT2D eigenvalue weighted by atomic mass is 10.2. The highest BCUT2D eigenvalue weighted by Gasteiger charge is 2.08. The maximum atomic E-state index is 9.28. The summed E-state index contributed by atoms with van der Waals surface area (Å²) in [6, 6.07) is 1.98. The van der Waals surface area contributed by atoms with Gasteiger partial charge in [0.15, 0.2) is 0 Å². The van der Waals surface area contributed by atoms with Crippen molar-refractivity contribution in [2.45, 2.75) is 13.0 Å². The number of aryl methyl sites for hydroxylation is 1. The standard InChI is InChI=1S/C7H9ClOS/c1-5-2-3-10-7(5)6(9)4-8/h2-3,6,9H,4H2,1H3/t6-/m1/s1. The summed E-state index contributed by atoms with van der Waals surface area (Å²) in [6.45, 7) is 1.97. The molecule has 0 amide bonds. The molecule has 0 bridgehead atoms. The van der Waals surface area contributed by atoms with Gasteiger partial charge in [0.25, 0.3) is 0 Å². The highest BCUT2D eigenvalue weighted by atomic mass is 35.5. The first-order chi connectivity index (χ1) is 4.75. The minimum Gasteiger partial charge on any atom is -0.386 e. The van der Waals surface area contributed by atoms with Crippen LogP contribution in [0.15, 0.2) is 11.4 Å². The molecule has 3 heteroatoms. The van der Waals surface area contributed by atoms with E-state index in [1.807, 2.05) is 18.4 Å². The molecule has 0 aromatic carbocycles. The summed E-state index contributed by atoms with van der Waals surface area (Å²) < 4.78 is 0. The van der Waals surface area contributed by atoms with Gasteiger partial charge in [0, 0.05) is 4.88 Å². The maximum Gasteiger partial charge on any atom is 0.102 e. The molecule has 0 radical (unpaired) electrons. The van der Waals surface area contributed by atoms with Crippen LogP contribution in [0.1, 0.15) is 16.5 Å². The number of thiophene rings is 1. The van der Waals surface area contributed by atoms with E-state index in [1.54, 1.807) is 11.3 Å². The molecule has 56 valence electrons. The average Bonchev–Trinajstić information content (AvgIpc) is 2.34. The fourth-order valence-electron chi connectivity index (χ4n) is 0.796. The molecule has 0 fully saturated rings. The van der Waals surface area contributed by atoms with Crippen molar-refractivity contribution in [2.75, 3.05) is 5.88 Å². The lowest BCUT2D eigenvalue weighted by Gasteiger charge is -2.03. The van der Waals surface area contributed by atoms with Crippen LogP contribution in [0, 0.1) is 6.92 Å². The lowest BCUT2D eigenvalue weighted by Crippen LogP contribution is -1.96. The van der Waals surface area contributed by atoms with Crippen LogP contribution < -0.4 is 0 Å². The molecule has 0 unspecified atom stereocenters. The molecule has 0 saturated carbocycles. The Kier molecular flexibility index (Phi) is 2.72. The van der Waals surface area contributed by atoms with Crippen LogP contribution in [0.2, 0.25) is 0 Å². The van der Waals surface area contributed by atoms with Crippen molar-refractivity contribution in [1.29, 1.82) is 0 Å². The van der Waals surface area contributed by atoms with Gasteiger partial charge in [-0.05, 0) is 23.9 Å². The van der Waals surface area contributed by atoms with E-state index < -0.39 is 6.10 Å². The van der Waals surface area contributed by atoms with Crippen molar-refractivity contribution in [3.8, 4) is 0 Å². The Morgan fingerprint density at radius 1 is 1.80 bits per heavy atom. The van der Waals surface area contributed by atoms with E-state index in [1.165, 1.54) is 0 Å². The van der Waals surface area contributed by atoms with Gasteiger partial charge in [0.2, 0.25) is 0 Å². The Morgan fingerprint density at radius 3 is 2.90 bits per heavy atom. The van der Waals surface area contributed by atoms with Crippen LogP contribution in [0.4, 0.5) is 0 Å². The molecule has 0 spiro atoms. The van der Waals surface area contributed by atoms with Crippen LogP contribution in [0.25, 0.3) is 0 Å². The highest BCUT2D eigenvalue weighted by Crippen LogP contribution is 2.24.